The average Bonchev–Trinajstić information content (AvgIpc) is 2.53. The van der Waals surface area contributed by atoms with Crippen LogP contribution in [0, 0.1) is 6.92 Å². The zero-order valence-electron chi connectivity index (χ0n) is 7.54. The van der Waals surface area contributed by atoms with Gasteiger partial charge in [-0.25, -0.2) is 4.98 Å². The zero-order valence-corrected chi connectivity index (χ0v) is 7.54. The van der Waals surface area contributed by atoms with Crippen molar-refractivity contribution in [1.82, 2.24) is 9.97 Å². The van der Waals surface area contributed by atoms with Gasteiger partial charge in [0, 0.05) is 12.7 Å². The van der Waals surface area contributed by atoms with Crippen LogP contribution in [0.2, 0.25) is 0 Å². The van der Waals surface area contributed by atoms with Gasteiger partial charge in [0.15, 0.2) is 0 Å². The van der Waals surface area contributed by atoms with Crippen LogP contribution in [-0.2, 0) is 4.74 Å². The SMILES string of the molecule is Cc1nc(C2CCCO2)cc(=O)[nH]1. The molecule has 1 aliphatic rings. The lowest BCUT2D eigenvalue weighted by Crippen LogP contribution is -2.12. The number of aromatic nitrogens is 2. The lowest BCUT2D eigenvalue weighted by atomic mass is 10.2. The Hall–Kier alpha value is -1.16. The molecule has 0 radical (unpaired) electrons. The summed E-state index contributed by atoms with van der Waals surface area (Å²) in [6.45, 7) is 2.55. The minimum absolute atomic E-state index is 0.0287. The predicted molar refractivity (Wildman–Crippen MR) is 47.5 cm³/mol. The normalized spacial score (nSPS) is 22.1. The molecular weight excluding hydrogens is 168 g/mol. The minimum Gasteiger partial charge on any atom is -0.372 e. The summed E-state index contributed by atoms with van der Waals surface area (Å²) < 4.78 is 5.43. The summed E-state index contributed by atoms with van der Waals surface area (Å²) in [6.07, 6.45) is 2.05. The van der Waals surface area contributed by atoms with E-state index >= 15 is 0 Å². The number of hydrogen-bond acceptors (Lipinski definition) is 3. The van der Waals surface area contributed by atoms with Crippen molar-refractivity contribution in [3.05, 3.63) is 27.9 Å². The standard InChI is InChI=1S/C9H12N2O2/c1-6-10-7(5-9(12)11-6)8-3-2-4-13-8/h5,8H,2-4H2,1H3,(H,10,11,12). The maximum Gasteiger partial charge on any atom is 0.251 e. The van der Waals surface area contributed by atoms with Crippen molar-refractivity contribution in [1.29, 1.82) is 0 Å². The first kappa shape index (κ1) is 8.44. The molecule has 0 spiro atoms. The van der Waals surface area contributed by atoms with E-state index in [4.69, 9.17) is 4.74 Å². The van der Waals surface area contributed by atoms with Crippen molar-refractivity contribution >= 4 is 0 Å². The van der Waals surface area contributed by atoms with E-state index < -0.39 is 0 Å². The molecule has 1 atom stereocenters. The molecule has 1 aromatic heterocycles. The summed E-state index contributed by atoms with van der Waals surface area (Å²) in [7, 11) is 0. The Morgan fingerprint density at radius 1 is 1.69 bits per heavy atom. The molecule has 13 heavy (non-hydrogen) atoms. The number of ether oxygens (including phenoxy) is 1. The molecular formula is C9H12N2O2. The molecule has 1 saturated heterocycles. The quantitative estimate of drug-likeness (QED) is 0.699. The van der Waals surface area contributed by atoms with Gasteiger partial charge in [0.1, 0.15) is 5.82 Å². The van der Waals surface area contributed by atoms with Crippen LogP contribution >= 0.6 is 0 Å². The molecule has 0 bridgehead atoms. The van der Waals surface area contributed by atoms with Gasteiger partial charge in [0.2, 0.25) is 0 Å². The number of aromatic amines is 1. The maximum absolute atomic E-state index is 11.1. The molecule has 1 N–H and O–H groups in total. The van der Waals surface area contributed by atoms with Gasteiger partial charge in [0.25, 0.3) is 5.56 Å². The fourth-order valence-corrected chi connectivity index (χ4v) is 1.58. The van der Waals surface area contributed by atoms with E-state index in [-0.39, 0.29) is 11.7 Å². The van der Waals surface area contributed by atoms with Crippen LogP contribution in [-0.4, -0.2) is 16.6 Å². The highest BCUT2D eigenvalue weighted by Crippen LogP contribution is 2.25. The summed E-state index contributed by atoms with van der Waals surface area (Å²) in [5.74, 6) is 0.651. The molecule has 1 fully saturated rings. The molecule has 4 heteroatoms. The van der Waals surface area contributed by atoms with Crippen LogP contribution in [0.15, 0.2) is 10.9 Å². The third-order valence-electron chi connectivity index (χ3n) is 2.14. The largest absolute Gasteiger partial charge is 0.372 e. The van der Waals surface area contributed by atoms with E-state index in [0.717, 1.165) is 25.1 Å². The Labute approximate surface area is 76.0 Å². The van der Waals surface area contributed by atoms with E-state index in [2.05, 4.69) is 9.97 Å². The highest BCUT2D eigenvalue weighted by molar-refractivity contribution is 5.06. The van der Waals surface area contributed by atoms with E-state index in [1.165, 1.54) is 6.07 Å². The van der Waals surface area contributed by atoms with Gasteiger partial charge in [-0.05, 0) is 19.8 Å². The highest BCUT2D eigenvalue weighted by atomic mass is 16.5. The van der Waals surface area contributed by atoms with E-state index in [1.807, 2.05) is 0 Å². The van der Waals surface area contributed by atoms with Gasteiger partial charge in [-0.1, -0.05) is 0 Å². The summed E-state index contributed by atoms with van der Waals surface area (Å²) in [4.78, 5) is 18.0. The van der Waals surface area contributed by atoms with Crippen molar-refractivity contribution in [2.24, 2.45) is 0 Å². The first-order chi connectivity index (χ1) is 6.25. The Balaban J connectivity index is 2.33. The number of rotatable bonds is 1. The van der Waals surface area contributed by atoms with Gasteiger partial charge in [-0.3, -0.25) is 4.79 Å². The van der Waals surface area contributed by atoms with E-state index in [9.17, 15) is 4.79 Å². The van der Waals surface area contributed by atoms with Crippen LogP contribution in [0.4, 0.5) is 0 Å². The molecule has 1 unspecified atom stereocenters. The molecule has 1 aliphatic heterocycles. The van der Waals surface area contributed by atoms with Crippen molar-refractivity contribution < 1.29 is 4.74 Å². The van der Waals surface area contributed by atoms with Crippen molar-refractivity contribution in [3.63, 3.8) is 0 Å². The van der Waals surface area contributed by atoms with Crippen LogP contribution in [0.5, 0.6) is 0 Å². The van der Waals surface area contributed by atoms with Gasteiger partial charge in [-0.2, -0.15) is 0 Å². The molecule has 4 nitrogen and oxygen atoms in total. The fourth-order valence-electron chi connectivity index (χ4n) is 1.58. The molecule has 2 rings (SSSR count). The maximum atomic E-state index is 11.1. The highest BCUT2D eigenvalue weighted by Gasteiger charge is 2.19. The summed E-state index contributed by atoms with van der Waals surface area (Å²) >= 11 is 0. The zero-order chi connectivity index (χ0) is 9.26. The van der Waals surface area contributed by atoms with Crippen LogP contribution in [0.3, 0.4) is 0 Å². The second-order valence-corrected chi connectivity index (χ2v) is 3.26. The Morgan fingerprint density at radius 2 is 2.54 bits per heavy atom. The van der Waals surface area contributed by atoms with Crippen LogP contribution in [0.1, 0.15) is 30.5 Å². The topological polar surface area (TPSA) is 55.0 Å². The van der Waals surface area contributed by atoms with Crippen molar-refractivity contribution in [2.45, 2.75) is 25.9 Å². The lowest BCUT2D eigenvalue weighted by molar-refractivity contribution is 0.108. The number of hydrogen-bond donors (Lipinski definition) is 1. The molecule has 70 valence electrons. The first-order valence-electron chi connectivity index (χ1n) is 4.45. The molecule has 1 aromatic rings. The molecule has 0 aromatic carbocycles. The Kier molecular flexibility index (Phi) is 2.14. The third-order valence-corrected chi connectivity index (χ3v) is 2.14. The second kappa shape index (κ2) is 3.30. The smallest absolute Gasteiger partial charge is 0.251 e. The summed E-state index contributed by atoms with van der Waals surface area (Å²) in [6, 6.07) is 1.52. The Bertz CT molecular complexity index is 353. The Morgan fingerprint density at radius 3 is 3.15 bits per heavy atom. The number of aryl methyl sites for hydroxylation is 1. The molecule has 0 saturated carbocycles. The summed E-state index contributed by atoms with van der Waals surface area (Å²) in [5, 5.41) is 0. The van der Waals surface area contributed by atoms with E-state index in [1.54, 1.807) is 6.92 Å². The third kappa shape index (κ3) is 1.78. The van der Waals surface area contributed by atoms with Gasteiger partial charge < -0.3 is 9.72 Å². The first-order valence-corrected chi connectivity index (χ1v) is 4.45. The number of H-pyrrole nitrogens is 1. The predicted octanol–water partition coefficient (Wildman–Crippen LogP) is 0.930. The number of nitrogens with zero attached hydrogens (tertiary/aromatic N) is 1. The molecule has 2 heterocycles. The average molecular weight is 180 g/mol. The van der Waals surface area contributed by atoms with Crippen LogP contribution in [0.25, 0.3) is 0 Å². The monoisotopic (exact) mass is 180 g/mol. The molecule has 0 aliphatic carbocycles. The van der Waals surface area contributed by atoms with Crippen molar-refractivity contribution in [3.8, 4) is 0 Å². The fraction of sp³-hybridized carbons (Fsp3) is 0.556. The van der Waals surface area contributed by atoms with E-state index in [0.29, 0.717) is 5.82 Å². The lowest BCUT2D eigenvalue weighted by Gasteiger charge is -2.07. The second-order valence-electron chi connectivity index (χ2n) is 3.26. The van der Waals surface area contributed by atoms with Crippen molar-refractivity contribution in [2.75, 3.05) is 6.61 Å². The number of nitrogens with one attached hydrogen (secondary N) is 1. The minimum atomic E-state index is -0.0991. The van der Waals surface area contributed by atoms with Gasteiger partial charge >= 0.3 is 0 Å². The molecule has 0 amide bonds. The van der Waals surface area contributed by atoms with Gasteiger partial charge in [-0.15, -0.1) is 0 Å². The summed E-state index contributed by atoms with van der Waals surface area (Å²) in [5.41, 5.74) is 0.664. The van der Waals surface area contributed by atoms with Crippen LogP contribution < -0.4 is 5.56 Å². The van der Waals surface area contributed by atoms with Gasteiger partial charge in [0.05, 0.1) is 11.8 Å².